The molecule has 4 aromatic rings. The molecule has 1 fully saturated rings. The predicted octanol–water partition coefficient (Wildman–Crippen LogP) is 5.80. The van der Waals surface area contributed by atoms with Crippen LogP contribution in [-0.4, -0.2) is 67.9 Å². The second-order valence-corrected chi connectivity index (χ2v) is 13.4. The number of unbranched alkanes of at least 4 members (excludes halogenated alkanes) is 1. The first-order chi connectivity index (χ1) is 21.8. The lowest BCUT2D eigenvalue weighted by Crippen LogP contribution is -2.27. The third-order valence-corrected chi connectivity index (χ3v) is 10.1. The number of carbonyl (C=O) groups is 1. The minimum atomic E-state index is -3.86. The van der Waals surface area contributed by atoms with Gasteiger partial charge in [-0.1, -0.05) is 44.7 Å². The van der Waals surface area contributed by atoms with Crippen molar-refractivity contribution in [1.82, 2.24) is 25.1 Å². The van der Waals surface area contributed by atoms with Gasteiger partial charge in [-0.15, -0.1) is 0 Å². The molecule has 12 heteroatoms. The van der Waals surface area contributed by atoms with Crippen molar-refractivity contribution in [3.63, 3.8) is 0 Å². The maximum Gasteiger partial charge on any atom is 0.264 e. The number of hydrogen-bond donors (Lipinski definition) is 2. The smallest absolute Gasteiger partial charge is 0.264 e. The molecule has 2 aromatic carbocycles. The van der Waals surface area contributed by atoms with Gasteiger partial charge in [0, 0.05) is 51.2 Å². The van der Waals surface area contributed by atoms with Gasteiger partial charge in [0.25, 0.3) is 15.9 Å². The Bertz CT molecular complexity index is 1680. The molecule has 11 nitrogen and oxygen atoms in total. The van der Waals surface area contributed by atoms with Crippen LogP contribution < -0.4 is 14.9 Å². The minimum Gasteiger partial charge on any atom is -0.385 e. The van der Waals surface area contributed by atoms with E-state index in [1.807, 2.05) is 6.20 Å². The lowest BCUT2D eigenvalue weighted by Gasteiger charge is -2.22. The van der Waals surface area contributed by atoms with Gasteiger partial charge in [-0.3, -0.25) is 9.10 Å². The zero-order valence-corrected chi connectivity index (χ0v) is 27.1. The summed E-state index contributed by atoms with van der Waals surface area (Å²) in [5.74, 6) is 0.381. The number of amides is 1. The van der Waals surface area contributed by atoms with E-state index in [-0.39, 0.29) is 16.8 Å². The van der Waals surface area contributed by atoms with Crippen molar-refractivity contribution in [3.8, 4) is 11.3 Å². The highest BCUT2D eigenvalue weighted by molar-refractivity contribution is 7.92. The second kappa shape index (κ2) is 14.8. The van der Waals surface area contributed by atoms with Crippen LogP contribution in [-0.2, 0) is 14.8 Å². The maximum absolute atomic E-state index is 13.6. The number of hydrogen-bond acceptors (Lipinski definition) is 8. The third kappa shape index (κ3) is 7.45. The van der Waals surface area contributed by atoms with Crippen molar-refractivity contribution in [1.29, 1.82) is 0 Å². The Morgan fingerprint density at radius 1 is 1.02 bits per heavy atom. The van der Waals surface area contributed by atoms with Crippen molar-refractivity contribution in [2.24, 2.45) is 0 Å². The number of sulfonamides is 1. The predicted molar refractivity (Wildman–Crippen MR) is 177 cm³/mol. The Morgan fingerprint density at radius 3 is 2.44 bits per heavy atom. The zero-order chi connectivity index (χ0) is 31.8. The topological polar surface area (TPSA) is 131 Å². The van der Waals surface area contributed by atoms with Gasteiger partial charge in [0.15, 0.2) is 5.65 Å². The molecule has 1 aliphatic carbocycles. The normalized spacial score (nSPS) is 14.0. The van der Waals surface area contributed by atoms with E-state index in [0.717, 1.165) is 54.5 Å². The molecule has 45 heavy (non-hydrogen) atoms. The highest BCUT2D eigenvalue weighted by atomic mass is 32.2. The molecule has 0 bridgehead atoms. The first-order valence-electron chi connectivity index (χ1n) is 15.8. The van der Waals surface area contributed by atoms with Crippen molar-refractivity contribution in [2.45, 2.75) is 69.2 Å². The summed E-state index contributed by atoms with van der Waals surface area (Å²) in [6, 6.07) is 13.6. The summed E-state index contributed by atoms with van der Waals surface area (Å²) in [6.07, 6.45) is 10.3. The molecular formula is C33H43N7O4S. The van der Waals surface area contributed by atoms with E-state index < -0.39 is 10.0 Å². The molecule has 1 saturated carbocycles. The van der Waals surface area contributed by atoms with Crippen LogP contribution in [0.2, 0.25) is 0 Å². The standard InChI is InChI=1S/C33H43N7O4S/c1-4-5-20-35-33-36-23-29-30(38-40(31(29)37-33)27-10-7-6-8-11-27)24-14-18-28(19-15-24)45(42,43)39(2)26-16-12-25(13-17-26)32(41)34-21-9-22-44-3/h12-19,23,27H,4-11,20-22H2,1-3H3,(H,34,41)(H,35,36,37). The molecule has 2 heterocycles. The van der Waals surface area contributed by atoms with Crippen LogP contribution in [0.4, 0.5) is 11.6 Å². The number of fused-ring (bicyclic) bond motifs is 1. The third-order valence-electron chi connectivity index (χ3n) is 8.27. The minimum absolute atomic E-state index is 0.156. The van der Waals surface area contributed by atoms with E-state index >= 15 is 0 Å². The fourth-order valence-corrected chi connectivity index (χ4v) is 6.80. The molecule has 1 aliphatic rings. The lowest BCUT2D eigenvalue weighted by molar-refractivity contribution is 0.0948. The van der Waals surface area contributed by atoms with Crippen LogP contribution in [0.25, 0.3) is 22.3 Å². The number of aromatic nitrogens is 4. The van der Waals surface area contributed by atoms with Crippen LogP contribution in [0.3, 0.4) is 0 Å². The van der Waals surface area contributed by atoms with E-state index in [1.54, 1.807) is 55.6 Å². The maximum atomic E-state index is 13.6. The highest BCUT2D eigenvalue weighted by Gasteiger charge is 2.25. The number of nitrogens with one attached hydrogen (secondary N) is 2. The first kappa shape index (κ1) is 32.4. The number of rotatable bonds is 14. The van der Waals surface area contributed by atoms with Gasteiger partial charge in [-0.25, -0.2) is 18.1 Å². The second-order valence-electron chi connectivity index (χ2n) is 11.4. The Kier molecular flexibility index (Phi) is 10.7. The number of nitrogens with zero attached hydrogens (tertiary/aromatic N) is 5. The fourth-order valence-electron chi connectivity index (χ4n) is 5.60. The average Bonchev–Trinajstić information content (AvgIpc) is 3.46. The van der Waals surface area contributed by atoms with Crippen LogP contribution >= 0.6 is 0 Å². The number of methoxy groups -OCH3 is 1. The number of anilines is 2. The highest BCUT2D eigenvalue weighted by Crippen LogP contribution is 2.35. The van der Waals surface area contributed by atoms with E-state index in [2.05, 4.69) is 27.2 Å². The summed E-state index contributed by atoms with van der Waals surface area (Å²) in [6.45, 7) is 4.03. The van der Waals surface area contributed by atoms with Gasteiger partial charge in [0.05, 0.1) is 22.0 Å². The molecule has 2 N–H and O–H groups in total. The summed E-state index contributed by atoms with van der Waals surface area (Å²) in [4.78, 5) is 22.0. The molecule has 2 aromatic heterocycles. The first-order valence-corrected chi connectivity index (χ1v) is 17.2. The average molecular weight is 634 g/mol. The lowest BCUT2D eigenvalue weighted by atomic mass is 9.96. The Hall–Kier alpha value is -4.03. The van der Waals surface area contributed by atoms with Gasteiger partial charge in [0.2, 0.25) is 5.95 Å². The van der Waals surface area contributed by atoms with Crippen molar-refractivity contribution >= 4 is 38.6 Å². The zero-order valence-electron chi connectivity index (χ0n) is 26.3. The molecule has 240 valence electrons. The molecule has 5 rings (SSSR count). The summed E-state index contributed by atoms with van der Waals surface area (Å²) >= 11 is 0. The molecule has 1 amide bonds. The van der Waals surface area contributed by atoms with E-state index in [0.29, 0.717) is 36.8 Å². The Labute approximate surface area is 265 Å². The number of ether oxygens (including phenoxy) is 1. The largest absolute Gasteiger partial charge is 0.385 e. The van der Waals surface area contributed by atoms with Crippen LogP contribution in [0.1, 0.15) is 74.7 Å². The fraction of sp³-hybridized carbons (Fsp3) is 0.455. The Morgan fingerprint density at radius 2 is 1.76 bits per heavy atom. The monoisotopic (exact) mass is 633 g/mol. The van der Waals surface area contributed by atoms with E-state index in [4.69, 9.17) is 14.8 Å². The quantitative estimate of drug-likeness (QED) is 0.167. The van der Waals surface area contributed by atoms with E-state index in [9.17, 15) is 13.2 Å². The van der Waals surface area contributed by atoms with Crippen molar-refractivity contribution in [2.75, 3.05) is 43.5 Å². The summed E-state index contributed by atoms with van der Waals surface area (Å²) < 4.78 is 35.4. The molecule has 0 aliphatic heterocycles. The van der Waals surface area contributed by atoms with Crippen LogP contribution in [0.15, 0.2) is 59.6 Å². The van der Waals surface area contributed by atoms with Crippen LogP contribution in [0, 0.1) is 0 Å². The van der Waals surface area contributed by atoms with Crippen molar-refractivity contribution in [3.05, 3.63) is 60.3 Å². The molecule has 0 spiro atoms. The summed E-state index contributed by atoms with van der Waals surface area (Å²) in [5.41, 5.74) is 3.25. The summed E-state index contributed by atoms with van der Waals surface area (Å²) in [5, 5.41) is 12.0. The van der Waals surface area contributed by atoms with Gasteiger partial charge < -0.3 is 15.4 Å². The molecule has 0 atom stereocenters. The number of carbonyl (C=O) groups excluding carboxylic acids is 1. The summed E-state index contributed by atoms with van der Waals surface area (Å²) in [7, 11) is -0.733. The van der Waals surface area contributed by atoms with Crippen molar-refractivity contribution < 1.29 is 17.9 Å². The van der Waals surface area contributed by atoms with Gasteiger partial charge in [-0.2, -0.15) is 10.1 Å². The van der Waals surface area contributed by atoms with Crippen LogP contribution in [0.5, 0.6) is 0 Å². The molecular weight excluding hydrogens is 590 g/mol. The van der Waals surface area contributed by atoms with E-state index in [1.165, 1.54) is 30.6 Å². The SMILES string of the molecule is CCCCNc1ncc2c(-c3ccc(S(=O)(=O)N(C)c4ccc(C(=O)NCCCOC)cc4)cc3)nn(C3CCCCC3)c2n1. The number of benzene rings is 2. The Balaban J connectivity index is 1.36. The van der Waals surface area contributed by atoms with Gasteiger partial charge in [-0.05, 0) is 62.1 Å². The molecule has 0 unspecified atom stereocenters. The molecule has 0 radical (unpaired) electrons. The van der Waals surface area contributed by atoms with Gasteiger partial charge in [0.1, 0.15) is 5.69 Å². The molecule has 0 saturated heterocycles. The van der Waals surface area contributed by atoms with Gasteiger partial charge >= 0.3 is 0 Å².